The van der Waals surface area contributed by atoms with Crippen molar-refractivity contribution in [2.45, 2.75) is 45.3 Å². The minimum Gasteiger partial charge on any atom is -0.310 e. The summed E-state index contributed by atoms with van der Waals surface area (Å²) >= 11 is 0. The molecule has 1 atom stereocenters. The number of carbonyl (C=O) groups is 1. The normalized spacial score (nSPS) is 16.8. The maximum atomic E-state index is 14.8. The summed E-state index contributed by atoms with van der Waals surface area (Å²) in [6.45, 7) is 6.04. The van der Waals surface area contributed by atoms with Gasteiger partial charge in [-0.15, -0.1) is 0 Å². The molecule has 0 aliphatic carbocycles. The molecule has 1 aliphatic heterocycles. The van der Waals surface area contributed by atoms with Crippen molar-refractivity contribution in [3.05, 3.63) is 58.9 Å². The van der Waals surface area contributed by atoms with Crippen molar-refractivity contribution in [2.75, 3.05) is 16.2 Å². The number of carbonyl (C=O) groups excluding carboxylic acids is 1. The molecule has 0 radical (unpaired) electrons. The third-order valence-corrected chi connectivity index (χ3v) is 6.31. The Morgan fingerprint density at radius 3 is 2.39 bits per heavy atom. The van der Waals surface area contributed by atoms with Crippen LogP contribution in [-0.4, -0.2) is 20.9 Å². The van der Waals surface area contributed by atoms with E-state index in [2.05, 4.69) is 4.72 Å². The quantitative estimate of drug-likeness (QED) is 0.785. The number of sulfonamides is 1. The molecule has 5 nitrogen and oxygen atoms in total. The van der Waals surface area contributed by atoms with Gasteiger partial charge in [0, 0.05) is 19.0 Å². The zero-order valence-corrected chi connectivity index (χ0v) is 17.1. The standard InChI is InChI=1S/C21H25FN2O3S/c1-4-15-6-8-16(9-7-15)13-28(26,27)23-17-11-18-14(3)10-20(25)24(5-2)21(18)19(22)12-17/h6-9,11-12,14,23H,4-5,10,13H2,1-3H3. The van der Waals surface area contributed by atoms with Gasteiger partial charge in [0.1, 0.15) is 5.82 Å². The molecule has 1 amide bonds. The number of aryl methyl sites for hydroxylation is 1. The van der Waals surface area contributed by atoms with Gasteiger partial charge in [-0.05, 0) is 42.0 Å². The maximum Gasteiger partial charge on any atom is 0.236 e. The minimum absolute atomic E-state index is 0.120. The molecule has 0 saturated heterocycles. The van der Waals surface area contributed by atoms with Gasteiger partial charge in [0.15, 0.2) is 0 Å². The van der Waals surface area contributed by atoms with Crippen LogP contribution in [0.15, 0.2) is 36.4 Å². The number of nitrogens with one attached hydrogen (secondary N) is 1. The summed E-state index contributed by atoms with van der Waals surface area (Å²) in [4.78, 5) is 13.6. The third kappa shape index (κ3) is 4.19. The van der Waals surface area contributed by atoms with Crippen LogP contribution in [-0.2, 0) is 27.0 Å². The van der Waals surface area contributed by atoms with Gasteiger partial charge >= 0.3 is 0 Å². The zero-order chi connectivity index (χ0) is 20.5. The maximum absolute atomic E-state index is 14.8. The lowest BCUT2D eigenvalue weighted by Crippen LogP contribution is -2.36. The van der Waals surface area contributed by atoms with Crippen molar-refractivity contribution in [2.24, 2.45) is 0 Å². The van der Waals surface area contributed by atoms with Crippen LogP contribution in [0, 0.1) is 5.82 Å². The number of rotatable bonds is 6. The van der Waals surface area contributed by atoms with E-state index in [0.29, 0.717) is 17.7 Å². The predicted octanol–water partition coefficient (Wildman–Crippen LogP) is 4.19. The van der Waals surface area contributed by atoms with Crippen LogP contribution in [0.5, 0.6) is 0 Å². The third-order valence-electron chi connectivity index (χ3n) is 5.05. The summed E-state index contributed by atoms with van der Waals surface area (Å²) in [6, 6.07) is 10.2. The average Bonchev–Trinajstić information content (AvgIpc) is 2.62. The highest BCUT2D eigenvalue weighted by atomic mass is 32.2. The largest absolute Gasteiger partial charge is 0.310 e. The fourth-order valence-corrected chi connectivity index (χ4v) is 4.77. The fourth-order valence-electron chi connectivity index (χ4n) is 3.59. The van der Waals surface area contributed by atoms with E-state index in [1.807, 2.05) is 26.0 Å². The highest BCUT2D eigenvalue weighted by molar-refractivity contribution is 7.91. The molecular formula is C21H25FN2O3S. The second kappa shape index (κ2) is 7.91. The van der Waals surface area contributed by atoms with Crippen LogP contribution in [0.4, 0.5) is 15.8 Å². The highest BCUT2D eigenvalue weighted by Gasteiger charge is 2.31. The Balaban J connectivity index is 1.87. The molecule has 1 N–H and O–H groups in total. The van der Waals surface area contributed by atoms with Crippen molar-refractivity contribution in [1.82, 2.24) is 0 Å². The summed E-state index contributed by atoms with van der Waals surface area (Å²) in [5, 5.41) is 0. The van der Waals surface area contributed by atoms with Gasteiger partial charge in [-0.1, -0.05) is 38.1 Å². The molecule has 28 heavy (non-hydrogen) atoms. The molecule has 0 aromatic heterocycles. The summed E-state index contributed by atoms with van der Waals surface area (Å²) < 4.78 is 42.4. The first-order valence-corrected chi connectivity index (χ1v) is 11.1. The molecule has 3 rings (SSSR count). The van der Waals surface area contributed by atoms with Crippen molar-refractivity contribution in [3.63, 3.8) is 0 Å². The molecule has 2 aromatic carbocycles. The predicted molar refractivity (Wildman–Crippen MR) is 110 cm³/mol. The van der Waals surface area contributed by atoms with E-state index in [4.69, 9.17) is 0 Å². The summed E-state index contributed by atoms with van der Waals surface area (Å²) in [5.74, 6) is -1.08. The second-order valence-electron chi connectivity index (χ2n) is 7.17. The molecule has 2 aromatic rings. The minimum atomic E-state index is -3.70. The van der Waals surface area contributed by atoms with E-state index in [1.165, 1.54) is 4.90 Å². The van der Waals surface area contributed by atoms with Gasteiger partial charge in [-0.2, -0.15) is 0 Å². The van der Waals surface area contributed by atoms with E-state index >= 15 is 0 Å². The highest BCUT2D eigenvalue weighted by Crippen LogP contribution is 2.39. The van der Waals surface area contributed by atoms with Crippen LogP contribution in [0.2, 0.25) is 0 Å². The Morgan fingerprint density at radius 1 is 1.14 bits per heavy atom. The van der Waals surface area contributed by atoms with Gasteiger partial charge in [0.25, 0.3) is 0 Å². The van der Waals surface area contributed by atoms with Crippen molar-refractivity contribution >= 4 is 27.3 Å². The molecule has 0 spiro atoms. The Bertz CT molecular complexity index is 987. The molecule has 1 heterocycles. The lowest BCUT2D eigenvalue weighted by molar-refractivity contribution is -0.119. The topological polar surface area (TPSA) is 66.5 Å². The number of halogens is 1. The monoisotopic (exact) mass is 404 g/mol. The van der Waals surface area contributed by atoms with Gasteiger partial charge in [-0.25, -0.2) is 12.8 Å². The Labute approximate surface area is 165 Å². The fraction of sp³-hybridized carbons (Fsp3) is 0.381. The average molecular weight is 405 g/mol. The van der Waals surface area contributed by atoms with Gasteiger partial charge in [0.05, 0.1) is 17.1 Å². The number of amides is 1. The summed E-state index contributed by atoms with van der Waals surface area (Å²) in [5.41, 5.74) is 2.88. The molecule has 1 aliphatic rings. The van der Waals surface area contributed by atoms with Crippen LogP contribution >= 0.6 is 0 Å². The van der Waals surface area contributed by atoms with E-state index in [-0.39, 0.29) is 35.4 Å². The molecule has 150 valence electrons. The lowest BCUT2D eigenvalue weighted by Gasteiger charge is -2.32. The van der Waals surface area contributed by atoms with E-state index in [9.17, 15) is 17.6 Å². The molecule has 0 bridgehead atoms. The van der Waals surface area contributed by atoms with E-state index < -0.39 is 15.8 Å². The Hall–Kier alpha value is -2.41. The van der Waals surface area contributed by atoms with Crippen molar-refractivity contribution < 1.29 is 17.6 Å². The molecule has 1 unspecified atom stereocenters. The molecule has 0 fully saturated rings. The summed E-state index contributed by atoms with van der Waals surface area (Å²) in [7, 11) is -3.70. The van der Waals surface area contributed by atoms with Gasteiger partial charge in [-0.3, -0.25) is 9.52 Å². The molecule has 7 heteroatoms. The lowest BCUT2D eigenvalue weighted by atomic mass is 9.90. The molecule has 0 saturated carbocycles. The SMILES string of the molecule is CCc1ccc(CS(=O)(=O)Nc2cc(F)c3c(c2)C(C)CC(=O)N3CC)cc1. The van der Waals surface area contributed by atoms with Gasteiger partial charge in [0.2, 0.25) is 15.9 Å². The zero-order valence-electron chi connectivity index (χ0n) is 16.3. The van der Waals surface area contributed by atoms with Crippen molar-refractivity contribution in [1.29, 1.82) is 0 Å². The van der Waals surface area contributed by atoms with Crippen molar-refractivity contribution in [3.8, 4) is 0 Å². The number of nitrogens with zero attached hydrogens (tertiary/aromatic N) is 1. The smallest absolute Gasteiger partial charge is 0.236 e. The molecular weight excluding hydrogens is 379 g/mol. The number of hydrogen-bond donors (Lipinski definition) is 1. The summed E-state index contributed by atoms with van der Waals surface area (Å²) in [6.07, 6.45) is 1.16. The van der Waals surface area contributed by atoms with E-state index in [0.717, 1.165) is 18.1 Å². The first-order valence-electron chi connectivity index (χ1n) is 9.46. The van der Waals surface area contributed by atoms with E-state index in [1.54, 1.807) is 25.1 Å². The number of hydrogen-bond acceptors (Lipinski definition) is 3. The Morgan fingerprint density at radius 2 is 1.79 bits per heavy atom. The first-order chi connectivity index (χ1) is 13.2. The van der Waals surface area contributed by atoms with Crippen LogP contribution < -0.4 is 9.62 Å². The number of fused-ring (bicyclic) bond motifs is 1. The van der Waals surface area contributed by atoms with Gasteiger partial charge < -0.3 is 4.90 Å². The number of benzene rings is 2. The van der Waals surface area contributed by atoms with Crippen LogP contribution in [0.3, 0.4) is 0 Å². The second-order valence-corrected chi connectivity index (χ2v) is 8.89. The Kier molecular flexibility index (Phi) is 5.74. The first kappa shape index (κ1) is 20.3. The van der Waals surface area contributed by atoms with Crippen LogP contribution in [0.25, 0.3) is 0 Å². The number of anilines is 2. The van der Waals surface area contributed by atoms with Crippen LogP contribution in [0.1, 0.15) is 49.8 Å².